The molecule has 0 fully saturated rings. The van der Waals surface area contributed by atoms with Gasteiger partial charge >= 0.3 is 0 Å². The first-order valence-corrected chi connectivity index (χ1v) is 19.2. The fourth-order valence-electron chi connectivity index (χ4n) is 8.42. The Bertz CT molecular complexity index is 3050. The van der Waals surface area contributed by atoms with Crippen LogP contribution in [0.15, 0.2) is 194 Å². The molecule has 0 radical (unpaired) electrons. The first-order valence-electron chi connectivity index (χ1n) is 18.4. The van der Waals surface area contributed by atoms with Crippen LogP contribution in [-0.2, 0) is 0 Å². The van der Waals surface area contributed by atoms with E-state index in [0.29, 0.717) is 0 Å². The third-order valence-electron chi connectivity index (χ3n) is 10.9. The summed E-state index contributed by atoms with van der Waals surface area (Å²) in [5.41, 5.74) is 8.09. The number of rotatable bonds is 5. The van der Waals surface area contributed by atoms with Crippen molar-refractivity contribution < 1.29 is 0 Å². The molecule has 0 aliphatic heterocycles. The number of hydrogen-bond acceptors (Lipinski definition) is 3. The average Bonchev–Trinajstić information content (AvgIpc) is 3.63. The molecule has 0 saturated heterocycles. The van der Waals surface area contributed by atoms with Crippen molar-refractivity contribution >= 4 is 91.7 Å². The SMILES string of the molecule is c1ccc2c(c1)cc(-c1ccc(N(c3ccc(-c4cc5ccccc5c5ccccc45)cc3)c3cncc4sc5ccccc5c34)cc1)c1ccccc12. The van der Waals surface area contributed by atoms with Crippen molar-refractivity contribution in [3.05, 3.63) is 194 Å². The summed E-state index contributed by atoms with van der Waals surface area (Å²) >= 11 is 1.80. The zero-order valence-corrected chi connectivity index (χ0v) is 30.1. The normalized spacial score (nSPS) is 11.7. The van der Waals surface area contributed by atoms with E-state index in [9.17, 15) is 0 Å². The fourth-order valence-corrected chi connectivity index (χ4v) is 9.52. The Morgan fingerprint density at radius 3 is 1.35 bits per heavy atom. The van der Waals surface area contributed by atoms with Gasteiger partial charge in [-0.15, -0.1) is 11.3 Å². The van der Waals surface area contributed by atoms with Gasteiger partial charge in [0.2, 0.25) is 0 Å². The molecule has 9 aromatic carbocycles. The third-order valence-corrected chi connectivity index (χ3v) is 12.0. The van der Waals surface area contributed by atoms with Crippen molar-refractivity contribution in [2.75, 3.05) is 4.90 Å². The second-order valence-corrected chi connectivity index (χ2v) is 15.0. The van der Waals surface area contributed by atoms with Gasteiger partial charge in [-0.25, -0.2) is 0 Å². The number of pyridine rings is 1. The Balaban J connectivity index is 1.08. The predicted molar refractivity (Wildman–Crippen MR) is 233 cm³/mol. The number of hydrogen-bond donors (Lipinski definition) is 0. The van der Waals surface area contributed by atoms with E-state index in [4.69, 9.17) is 4.98 Å². The second kappa shape index (κ2) is 12.4. The van der Waals surface area contributed by atoms with E-state index in [0.717, 1.165) is 17.1 Å². The van der Waals surface area contributed by atoms with Crippen molar-refractivity contribution in [3.63, 3.8) is 0 Å². The van der Waals surface area contributed by atoms with Gasteiger partial charge in [-0.1, -0.05) is 140 Å². The van der Waals surface area contributed by atoms with E-state index in [1.807, 2.05) is 12.4 Å². The number of fused-ring (bicyclic) bond motifs is 9. The number of benzene rings is 9. The average molecular weight is 705 g/mol. The van der Waals surface area contributed by atoms with E-state index in [2.05, 4.69) is 187 Å². The van der Waals surface area contributed by atoms with Crippen LogP contribution >= 0.6 is 11.3 Å². The summed E-state index contributed by atoms with van der Waals surface area (Å²) in [6.07, 6.45) is 4.03. The molecule has 2 nitrogen and oxygen atoms in total. The summed E-state index contributed by atoms with van der Waals surface area (Å²) in [6.45, 7) is 0. The highest BCUT2D eigenvalue weighted by Gasteiger charge is 2.20. The van der Waals surface area contributed by atoms with Gasteiger partial charge in [-0.05, 0) is 108 Å². The molecule has 0 aliphatic carbocycles. The number of nitrogens with zero attached hydrogens (tertiary/aromatic N) is 2. The molecule has 11 rings (SSSR count). The zero-order valence-electron chi connectivity index (χ0n) is 29.3. The van der Waals surface area contributed by atoms with E-state index < -0.39 is 0 Å². The molecule has 2 heterocycles. The molecule has 0 unspecified atom stereocenters. The highest BCUT2D eigenvalue weighted by Crippen LogP contribution is 2.45. The minimum atomic E-state index is 1.07. The summed E-state index contributed by atoms with van der Waals surface area (Å²) in [5.74, 6) is 0. The van der Waals surface area contributed by atoms with Crippen LogP contribution in [0.2, 0.25) is 0 Å². The fraction of sp³-hybridized carbons (Fsp3) is 0. The topological polar surface area (TPSA) is 16.1 Å². The lowest BCUT2D eigenvalue weighted by Crippen LogP contribution is -2.10. The third kappa shape index (κ3) is 4.90. The van der Waals surface area contributed by atoms with Gasteiger partial charge in [0.25, 0.3) is 0 Å². The molecule has 0 atom stereocenters. The lowest BCUT2D eigenvalue weighted by Gasteiger charge is -2.26. The number of thiophene rings is 1. The first kappa shape index (κ1) is 30.8. The summed E-state index contributed by atoms with van der Waals surface area (Å²) in [5, 5.41) is 12.6. The van der Waals surface area contributed by atoms with Gasteiger partial charge in [0.1, 0.15) is 0 Å². The van der Waals surface area contributed by atoms with Crippen LogP contribution in [0.5, 0.6) is 0 Å². The van der Waals surface area contributed by atoms with Crippen LogP contribution in [0, 0.1) is 0 Å². The predicted octanol–water partition coefficient (Wildman–Crippen LogP) is 14.9. The molecular weight excluding hydrogens is 673 g/mol. The van der Waals surface area contributed by atoms with Gasteiger partial charge in [0.05, 0.1) is 16.6 Å². The van der Waals surface area contributed by atoms with Crippen molar-refractivity contribution in [1.82, 2.24) is 4.98 Å². The highest BCUT2D eigenvalue weighted by atomic mass is 32.1. The molecule has 11 aromatic rings. The minimum absolute atomic E-state index is 1.07. The minimum Gasteiger partial charge on any atom is -0.308 e. The second-order valence-electron chi connectivity index (χ2n) is 13.9. The molecule has 3 heteroatoms. The molecule has 0 spiro atoms. The first-order chi connectivity index (χ1) is 26.8. The number of anilines is 3. The standard InChI is InChI=1S/C51H32N2S/c1-3-13-39-35(11-1)29-46(43-17-7-5-15-41(39)43)33-21-25-37(26-22-33)53(48-31-52-32-50-51(48)45-19-9-10-20-49(45)54-50)38-27-23-34(24-28-38)47-30-36-12-2-4-14-40(36)42-16-6-8-18-44(42)47/h1-32H. The monoisotopic (exact) mass is 704 g/mol. The molecule has 54 heavy (non-hydrogen) atoms. The maximum atomic E-state index is 4.81. The summed E-state index contributed by atoms with van der Waals surface area (Å²) in [7, 11) is 0. The van der Waals surface area contributed by atoms with E-state index >= 15 is 0 Å². The number of aromatic nitrogens is 1. The van der Waals surface area contributed by atoms with Gasteiger partial charge in [-0.2, -0.15) is 0 Å². The van der Waals surface area contributed by atoms with Crippen LogP contribution in [0.3, 0.4) is 0 Å². The van der Waals surface area contributed by atoms with Gasteiger partial charge < -0.3 is 4.90 Å². The molecule has 0 bridgehead atoms. The van der Waals surface area contributed by atoms with Crippen LogP contribution in [0.1, 0.15) is 0 Å². The lowest BCUT2D eigenvalue weighted by atomic mass is 9.93. The molecule has 0 N–H and O–H groups in total. The molecule has 252 valence electrons. The van der Waals surface area contributed by atoms with E-state index in [1.165, 1.54) is 85.5 Å². The van der Waals surface area contributed by atoms with Crippen molar-refractivity contribution in [2.24, 2.45) is 0 Å². The van der Waals surface area contributed by atoms with Crippen LogP contribution in [0.4, 0.5) is 17.1 Å². The zero-order chi connectivity index (χ0) is 35.6. The van der Waals surface area contributed by atoms with E-state index in [-0.39, 0.29) is 0 Å². The van der Waals surface area contributed by atoms with Crippen LogP contribution in [0.25, 0.3) is 85.5 Å². The Labute approximate surface area is 316 Å². The van der Waals surface area contributed by atoms with Crippen LogP contribution < -0.4 is 4.90 Å². The largest absolute Gasteiger partial charge is 0.308 e. The quantitative estimate of drug-likeness (QED) is 0.166. The Morgan fingerprint density at radius 1 is 0.370 bits per heavy atom. The molecule has 0 amide bonds. The summed E-state index contributed by atoms with van der Waals surface area (Å²) in [6, 6.07) is 66.4. The lowest BCUT2D eigenvalue weighted by molar-refractivity contribution is 1.26. The molecular formula is C51H32N2S. The summed E-state index contributed by atoms with van der Waals surface area (Å²) in [4.78, 5) is 7.18. The Kier molecular flexibility index (Phi) is 7.07. The summed E-state index contributed by atoms with van der Waals surface area (Å²) < 4.78 is 2.44. The van der Waals surface area contributed by atoms with Crippen molar-refractivity contribution in [3.8, 4) is 22.3 Å². The van der Waals surface area contributed by atoms with E-state index in [1.54, 1.807) is 11.3 Å². The molecule has 2 aromatic heterocycles. The highest BCUT2D eigenvalue weighted by molar-refractivity contribution is 7.25. The molecule has 0 aliphatic rings. The maximum absolute atomic E-state index is 4.81. The molecule has 0 saturated carbocycles. The van der Waals surface area contributed by atoms with Gasteiger partial charge in [0, 0.05) is 33.0 Å². The van der Waals surface area contributed by atoms with Gasteiger partial charge in [0.15, 0.2) is 0 Å². The van der Waals surface area contributed by atoms with Crippen molar-refractivity contribution in [1.29, 1.82) is 0 Å². The van der Waals surface area contributed by atoms with Gasteiger partial charge in [-0.3, -0.25) is 4.98 Å². The smallest absolute Gasteiger partial charge is 0.0738 e. The maximum Gasteiger partial charge on any atom is 0.0738 e. The van der Waals surface area contributed by atoms with Crippen molar-refractivity contribution in [2.45, 2.75) is 0 Å². The Hall–Kier alpha value is -6.81. The Morgan fingerprint density at radius 2 is 0.815 bits per heavy atom. The van der Waals surface area contributed by atoms with Crippen LogP contribution in [-0.4, -0.2) is 4.98 Å².